The molecule has 2 atom stereocenters. The SMILES string of the molecule is CSCCC(NC(=O)Cc1ccccc1)C(=O)N1CCNC(C)C1. The van der Waals surface area contributed by atoms with E-state index in [9.17, 15) is 9.59 Å². The minimum atomic E-state index is -0.432. The van der Waals surface area contributed by atoms with Gasteiger partial charge in [-0.1, -0.05) is 30.3 Å². The van der Waals surface area contributed by atoms with Gasteiger partial charge in [0, 0.05) is 25.7 Å². The highest BCUT2D eigenvalue weighted by Gasteiger charge is 2.28. The molecule has 1 aliphatic heterocycles. The van der Waals surface area contributed by atoms with Crippen LogP contribution in [0.1, 0.15) is 18.9 Å². The molecule has 1 aromatic rings. The fourth-order valence-electron chi connectivity index (χ4n) is 2.87. The summed E-state index contributed by atoms with van der Waals surface area (Å²) in [5.74, 6) is 0.798. The molecule has 0 saturated carbocycles. The molecule has 24 heavy (non-hydrogen) atoms. The van der Waals surface area contributed by atoms with Crippen LogP contribution >= 0.6 is 11.8 Å². The highest BCUT2D eigenvalue weighted by molar-refractivity contribution is 7.98. The number of nitrogens with one attached hydrogen (secondary N) is 2. The molecule has 1 aliphatic rings. The zero-order chi connectivity index (χ0) is 17.4. The maximum atomic E-state index is 12.8. The van der Waals surface area contributed by atoms with Crippen molar-refractivity contribution in [3.63, 3.8) is 0 Å². The molecular formula is C18H27N3O2S. The average Bonchev–Trinajstić information content (AvgIpc) is 2.59. The van der Waals surface area contributed by atoms with E-state index in [0.717, 1.165) is 17.9 Å². The van der Waals surface area contributed by atoms with E-state index in [0.29, 0.717) is 32.0 Å². The van der Waals surface area contributed by atoms with Gasteiger partial charge in [-0.25, -0.2) is 0 Å². The van der Waals surface area contributed by atoms with E-state index < -0.39 is 6.04 Å². The highest BCUT2D eigenvalue weighted by Crippen LogP contribution is 2.08. The van der Waals surface area contributed by atoms with Crippen molar-refractivity contribution in [3.8, 4) is 0 Å². The molecule has 1 saturated heterocycles. The lowest BCUT2D eigenvalue weighted by Gasteiger charge is -2.34. The van der Waals surface area contributed by atoms with Crippen molar-refractivity contribution in [2.75, 3.05) is 31.6 Å². The van der Waals surface area contributed by atoms with E-state index in [2.05, 4.69) is 17.6 Å². The third kappa shape index (κ3) is 5.83. The van der Waals surface area contributed by atoms with Gasteiger partial charge in [-0.3, -0.25) is 9.59 Å². The molecule has 1 aromatic carbocycles. The number of rotatable bonds is 7. The minimum Gasteiger partial charge on any atom is -0.344 e. The van der Waals surface area contributed by atoms with Crippen LogP contribution in [0, 0.1) is 0 Å². The van der Waals surface area contributed by atoms with Gasteiger partial charge < -0.3 is 15.5 Å². The van der Waals surface area contributed by atoms with E-state index in [4.69, 9.17) is 0 Å². The van der Waals surface area contributed by atoms with E-state index in [1.807, 2.05) is 41.5 Å². The molecule has 2 unspecified atom stereocenters. The summed E-state index contributed by atoms with van der Waals surface area (Å²) in [4.78, 5) is 27.0. The molecule has 2 amide bonds. The van der Waals surface area contributed by atoms with Gasteiger partial charge >= 0.3 is 0 Å². The lowest BCUT2D eigenvalue weighted by molar-refractivity contribution is -0.137. The first kappa shape index (κ1) is 18.8. The number of hydrogen-bond acceptors (Lipinski definition) is 4. The van der Waals surface area contributed by atoms with Crippen molar-refractivity contribution in [2.45, 2.75) is 31.8 Å². The van der Waals surface area contributed by atoms with E-state index in [-0.39, 0.29) is 11.8 Å². The van der Waals surface area contributed by atoms with Gasteiger partial charge in [0.05, 0.1) is 6.42 Å². The number of nitrogens with zero attached hydrogens (tertiary/aromatic N) is 1. The van der Waals surface area contributed by atoms with Crippen LogP contribution in [0.4, 0.5) is 0 Å². The Morgan fingerprint density at radius 3 is 2.79 bits per heavy atom. The third-order valence-electron chi connectivity index (χ3n) is 4.13. The summed E-state index contributed by atoms with van der Waals surface area (Å²) in [5, 5.41) is 6.29. The number of carbonyl (C=O) groups excluding carboxylic acids is 2. The molecule has 0 bridgehead atoms. The highest BCUT2D eigenvalue weighted by atomic mass is 32.2. The molecule has 0 radical (unpaired) electrons. The molecule has 2 rings (SSSR count). The lowest BCUT2D eigenvalue weighted by atomic mass is 10.1. The number of benzene rings is 1. The second-order valence-electron chi connectivity index (χ2n) is 6.20. The Bertz CT molecular complexity index is 538. The molecule has 5 nitrogen and oxygen atoms in total. The topological polar surface area (TPSA) is 61.4 Å². The maximum Gasteiger partial charge on any atom is 0.245 e. The normalized spacial score (nSPS) is 18.9. The molecule has 6 heteroatoms. The van der Waals surface area contributed by atoms with E-state index in [1.165, 1.54) is 0 Å². The first-order valence-electron chi connectivity index (χ1n) is 8.44. The van der Waals surface area contributed by atoms with Crippen LogP contribution in [0.25, 0.3) is 0 Å². The van der Waals surface area contributed by atoms with Crippen LogP contribution in [0.3, 0.4) is 0 Å². The summed E-state index contributed by atoms with van der Waals surface area (Å²) in [6.45, 7) is 4.28. The van der Waals surface area contributed by atoms with Crippen molar-refractivity contribution in [1.82, 2.24) is 15.5 Å². The van der Waals surface area contributed by atoms with Gasteiger partial charge in [-0.15, -0.1) is 0 Å². The Hall–Kier alpha value is -1.53. The fourth-order valence-corrected chi connectivity index (χ4v) is 3.34. The monoisotopic (exact) mass is 349 g/mol. The fraction of sp³-hybridized carbons (Fsp3) is 0.556. The zero-order valence-corrected chi connectivity index (χ0v) is 15.3. The summed E-state index contributed by atoms with van der Waals surface area (Å²) >= 11 is 1.69. The largest absolute Gasteiger partial charge is 0.344 e. The Labute approximate surface area is 148 Å². The van der Waals surface area contributed by atoms with Crippen LogP contribution in [-0.2, 0) is 16.0 Å². The van der Waals surface area contributed by atoms with Crippen molar-refractivity contribution >= 4 is 23.6 Å². The van der Waals surface area contributed by atoms with Gasteiger partial charge in [-0.2, -0.15) is 11.8 Å². The molecule has 1 fully saturated rings. The second-order valence-corrected chi connectivity index (χ2v) is 7.19. The number of carbonyl (C=O) groups is 2. The van der Waals surface area contributed by atoms with E-state index in [1.54, 1.807) is 11.8 Å². The summed E-state index contributed by atoms with van der Waals surface area (Å²) in [7, 11) is 0. The Morgan fingerprint density at radius 1 is 1.38 bits per heavy atom. The Morgan fingerprint density at radius 2 is 2.12 bits per heavy atom. The van der Waals surface area contributed by atoms with Gasteiger partial charge in [0.1, 0.15) is 6.04 Å². The zero-order valence-electron chi connectivity index (χ0n) is 14.5. The van der Waals surface area contributed by atoms with Gasteiger partial charge in [0.2, 0.25) is 11.8 Å². The molecular weight excluding hydrogens is 322 g/mol. The van der Waals surface area contributed by atoms with Gasteiger partial charge in [-0.05, 0) is 30.9 Å². The number of thioether (sulfide) groups is 1. The van der Waals surface area contributed by atoms with Crippen molar-refractivity contribution in [3.05, 3.63) is 35.9 Å². The molecule has 2 N–H and O–H groups in total. The Kier molecular flexibility index (Phi) is 7.59. The smallest absolute Gasteiger partial charge is 0.245 e. The number of piperazine rings is 1. The van der Waals surface area contributed by atoms with Crippen molar-refractivity contribution in [1.29, 1.82) is 0 Å². The molecule has 0 aliphatic carbocycles. The maximum absolute atomic E-state index is 12.8. The Balaban J connectivity index is 1.96. The van der Waals surface area contributed by atoms with Crippen LogP contribution in [0.2, 0.25) is 0 Å². The first-order valence-corrected chi connectivity index (χ1v) is 9.84. The standard InChI is InChI=1S/C18H27N3O2S/c1-14-13-21(10-9-19-14)18(23)16(8-11-24-2)20-17(22)12-15-6-4-3-5-7-15/h3-7,14,16,19H,8-13H2,1-2H3,(H,20,22). The number of hydrogen-bond donors (Lipinski definition) is 2. The van der Waals surface area contributed by atoms with Crippen molar-refractivity contribution < 1.29 is 9.59 Å². The summed E-state index contributed by atoms with van der Waals surface area (Å²) < 4.78 is 0. The first-order chi connectivity index (χ1) is 11.6. The molecule has 0 spiro atoms. The predicted molar refractivity (Wildman–Crippen MR) is 99.1 cm³/mol. The average molecular weight is 350 g/mol. The van der Waals surface area contributed by atoms with Crippen LogP contribution < -0.4 is 10.6 Å². The van der Waals surface area contributed by atoms with Gasteiger partial charge in [0.15, 0.2) is 0 Å². The number of amides is 2. The van der Waals surface area contributed by atoms with E-state index >= 15 is 0 Å². The summed E-state index contributed by atoms with van der Waals surface area (Å²) in [6, 6.07) is 9.48. The third-order valence-corrected chi connectivity index (χ3v) is 4.78. The van der Waals surface area contributed by atoms with Crippen LogP contribution in [0.5, 0.6) is 0 Å². The molecule has 1 heterocycles. The quantitative estimate of drug-likeness (QED) is 0.779. The lowest BCUT2D eigenvalue weighted by Crippen LogP contribution is -2.56. The summed E-state index contributed by atoms with van der Waals surface area (Å²) in [6.07, 6.45) is 2.99. The van der Waals surface area contributed by atoms with Gasteiger partial charge in [0.25, 0.3) is 0 Å². The van der Waals surface area contributed by atoms with Crippen LogP contribution in [-0.4, -0.2) is 60.4 Å². The van der Waals surface area contributed by atoms with Crippen LogP contribution in [0.15, 0.2) is 30.3 Å². The van der Waals surface area contributed by atoms with Crippen molar-refractivity contribution in [2.24, 2.45) is 0 Å². The molecule has 0 aromatic heterocycles. The minimum absolute atomic E-state index is 0.0406. The predicted octanol–water partition coefficient (Wildman–Crippen LogP) is 1.29. The second kappa shape index (κ2) is 9.69. The summed E-state index contributed by atoms with van der Waals surface area (Å²) in [5.41, 5.74) is 0.960. The molecule has 132 valence electrons.